The average molecular weight is 288 g/mol. The van der Waals surface area contributed by atoms with E-state index in [1.165, 1.54) is 25.3 Å². The minimum absolute atomic E-state index is 0.104. The Hall–Kier alpha value is -1.89. The van der Waals surface area contributed by atoms with Gasteiger partial charge in [0.1, 0.15) is 11.5 Å². The largest absolute Gasteiger partial charge is 0.497 e. The van der Waals surface area contributed by atoms with Gasteiger partial charge in [0, 0.05) is 12.5 Å². The van der Waals surface area contributed by atoms with E-state index in [9.17, 15) is 13.6 Å². The van der Waals surface area contributed by atoms with Gasteiger partial charge < -0.3 is 20.5 Å². The number of anilines is 1. The molecule has 0 fully saturated rings. The first-order valence-corrected chi connectivity index (χ1v) is 6.19. The number of methoxy groups -OCH3 is 1. The van der Waals surface area contributed by atoms with E-state index in [0.717, 1.165) is 6.42 Å². The number of carbonyl (C=O) groups is 1. The molecule has 3 N–H and O–H groups in total. The highest BCUT2D eigenvalue weighted by Crippen LogP contribution is 2.30. The van der Waals surface area contributed by atoms with Gasteiger partial charge in [-0.3, -0.25) is 4.79 Å². The summed E-state index contributed by atoms with van der Waals surface area (Å²) in [6, 6.07) is 4.22. The first kappa shape index (κ1) is 16.2. The summed E-state index contributed by atoms with van der Waals surface area (Å²) in [7, 11) is 1.44. The number of amides is 1. The minimum atomic E-state index is -2.96. The summed E-state index contributed by atoms with van der Waals surface area (Å²) in [5, 5.41) is 2.53. The highest BCUT2D eigenvalue weighted by Gasteiger charge is 2.13. The van der Waals surface area contributed by atoms with Crippen LogP contribution in [-0.4, -0.2) is 26.2 Å². The molecule has 0 heterocycles. The number of hydrogen-bond donors (Lipinski definition) is 2. The van der Waals surface area contributed by atoms with Crippen LogP contribution in [0, 0.1) is 0 Å². The molecular formula is C13H18F2N2O3. The Bertz CT molecular complexity index is 442. The molecule has 1 amide bonds. The van der Waals surface area contributed by atoms with Gasteiger partial charge >= 0.3 is 6.61 Å². The van der Waals surface area contributed by atoms with Crippen LogP contribution in [0.5, 0.6) is 11.5 Å². The van der Waals surface area contributed by atoms with Gasteiger partial charge in [-0.15, -0.1) is 0 Å². The van der Waals surface area contributed by atoms with Gasteiger partial charge in [0.25, 0.3) is 0 Å². The lowest BCUT2D eigenvalue weighted by molar-refractivity contribution is -0.116. The van der Waals surface area contributed by atoms with E-state index in [1.54, 1.807) is 0 Å². The first-order chi connectivity index (χ1) is 9.56. The van der Waals surface area contributed by atoms with Gasteiger partial charge in [0.15, 0.2) is 0 Å². The molecule has 1 rings (SSSR count). The van der Waals surface area contributed by atoms with Gasteiger partial charge in [-0.25, -0.2) is 0 Å². The van der Waals surface area contributed by atoms with Gasteiger partial charge in [-0.05, 0) is 31.5 Å². The van der Waals surface area contributed by atoms with E-state index < -0.39 is 6.61 Å². The second-order valence-corrected chi connectivity index (χ2v) is 4.03. The molecule has 0 aromatic heterocycles. The summed E-state index contributed by atoms with van der Waals surface area (Å²) in [4.78, 5) is 11.7. The van der Waals surface area contributed by atoms with Gasteiger partial charge in [-0.1, -0.05) is 0 Å². The molecule has 7 heteroatoms. The van der Waals surface area contributed by atoms with Crippen LogP contribution >= 0.6 is 0 Å². The summed E-state index contributed by atoms with van der Waals surface area (Å²) in [5.74, 6) is 0.0441. The van der Waals surface area contributed by atoms with Crippen LogP contribution in [-0.2, 0) is 4.79 Å². The third kappa shape index (κ3) is 5.40. The molecule has 0 aliphatic carbocycles. The molecule has 1 aromatic rings. The molecule has 0 unspecified atom stereocenters. The number of nitrogens with two attached hydrogens (primary N) is 1. The lowest BCUT2D eigenvalue weighted by Crippen LogP contribution is -2.14. The number of alkyl halides is 2. The van der Waals surface area contributed by atoms with E-state index in [-0.39, 0.29) is 23.8 Å². The van der Waals surface area contributed by atoms with Crippen molar-refractivity contribution >= 4 is 11.6 Å². The lowest BCUT2D eigenvalue weighted by atomic mass is 10.2. The summed E-state index contributed by atoms with van der Waals surface area (Å²) >= 11 is 0. The Morgan fingerprint density at radius 1 is 1.40 bits per heavy atom. The maximum Gasteiger partial charge on any atom is 0.387 e. The van der Waals surface area contributed by atoms with E-state index in [2.05, 4.69) is 10.1 Å². The fourth-order valence-electron chi connectivity index (χ4n) is 1.58. The molecular weight excluding hydrogens is 270 g/mol. The SMILES string of the molecule is COc1ccc(OC(F)F)c(NC(=O)CCCCN)c1. The molecule has 5 nitrogen and oxygen atoms in total. The summed E-state index contributed by atoms with van der Waals surface area (Å²) in [6.07, 6.45) is 1.63. The quantitative estimate of drug-likeness (QED) is 0.720. The number of hydrogen-bond acceptors (Lipinski definition) is 4. The van der Waals surface area contributed by atoms with E-state index >= 15 is 0 Å². The Morgan fingerprint density at radius 2 is 2.15 bits per heavy atom. The van der Waals surface area contributed by atoms with Crippen LogP contribution in [0.4, 0.5) is 14.5 Å². The van der Waals surface area contributed by atoms with Crippen LogP contribution < -0.4 is 20.5 Å². The van der Waals surface area contributed by atoms with Crippen molar-refractivity contribution < 1.29 is 23.0 Å². The second kappa shape index (κ2) is 8.31. The van der Waals surface area contributed by atoms with E-state index in [1.807, 2.05) is 0 Å². The Labute approximate surface area is 116 Å². The lowest BCUT2D eigenvalue weighted by Gasteiger charge is -2.13. The number of carbonyl (C=O) groups excluding carboxylic acids is 1. The molecule has 0 aliphatic heterocycles. The van der Waals surface area contributed by atoms with Crippen molar-refractivity contribution in [2.24, 2.45) is 5.73 Å². The summed E-state index contributed by atoms with van der Waals surface area (Å²) in [5.41, 5.74) is 5.49. The smallest absolute Gasteiger partial charge is 0.387 e. The Morgan fingerprint density at radius 3 is 2.75 bits per heavy atom. The molecule has 0 saturated carbocycles. The monoisotopic (exact) mass is 288 g/mol. The zero-order valence-electron chi connectivity index (χ0n) is 11.2. The molecule has 0 spiro atoms. The van der Waals surface area contributed by atoms with Crippen LogP contribution in [0.1, 0.15) is 19.3 Å². The van der Waals surface area contributed by atoms with Gasteiger partial charge in [-0.2, -0.15) is 8.78 Å². The molecule has 112 valence electrons. The number of nitrogens with one attached hydrogen (secondary N) is 1. The van der Waals surface area contributed by atoms with Crippen molar-refractivity contribution in [1.82, 2.24) is 0 Å². The molecule has 1 aromatic carbocycles. The normalized spacial score (nSPS) is 10.4. The first-order valence-electron chi connectivity index (χ1n) is 6.19. The van der Waals surface area contributed by atoms with E-state index in [0.29, 0.717) is 18.7 Å². The molecule has 0 aliphatic rings. The van der Waals surface area contributed by atoms with Crippen molar-refractivity contribution in [3.8, 4) is 11.5 Å². The van der Waals surface area contributed by atoms with Crippen molar-refractivity contribution in [3.63, 3.8) is 0 Å². The number of unbranched alkanes of at least 4 members (excludes halogenated alkanes) is 1. The standard InChI is InChI=1S/C13H18F2N2O3/c1-19-9-5-6-11(20-13(14)15)10(8-9)17-12(18)4-2-3-7-16/h5-6,8,13H,2-4,7,16H2,1H3,(H,17,18). The fourth-order valence-corrected chi connectivity index (χ4v) is 1.58. The molecule has 0 saturated heterocycles. The average Bonchev–Trinajstić information content (AvgIpc) is 2.40. The molecule has 0 bridgehead atoms. The second-order valence-electron chi connectivity index (χ2n) is 4.03. The molecule has 20 heavy (non-hydrogen) atoms. The van der Waals surface area contributed by atoms with Crippen molar-refractivity contribution in [1.29, 1.82) is 0 Å². The van der Waals surface area contributed by atoms with Crippen molar-refractivity contribution in [2.45, 2.75) is 25.9 Å². The number of benzene rings is 1. The van der Waals surface area contributed by atoms with Gasteiger partial charge in [0.2, 0.25) is 5.91 Å². The number of rotatable bonds is 8. The third-order valence-corrected chi connectivity index (χ3v) is 2.53. The topological polar surface area (TPSA) is 73.6 Å². The predicted molar refractivity (Wildman–Crippen MR) is 71.2 cm³/mol. The summed E-state index contributed by atoms with van der Waals surface area (Å²) < 4.78 is 33.9. The van der Waals surface area contributed by atoms with E-state index in [4.69, 9.17) is 10.5 Å². The number of halogens is 2. The predicted octanol–water partition coefficient (Wildman–Crippen LogP) is 2.36. The minimum Gasteiger partial charge on any atom is -0.497 e. The van der Waals surface area contributed by atoms with Crippen LogP contribution in [0.2, 0.25) is 0 Å². The zero-order chi connectivity index (χ0) is 15.0. The molecule has 0 atom stereocenters. The number of ether oxygens (including phenoxy) is 2. The maximum absolute atomic E-state index is 12.3. The van der Waals surface area contributed by atoms with Crippen molar-refractivity contribution in [2.75, 3.05) is 19.0 Å². The zero-order valence-corrected chi connectivity index (χ0v) is 11.2. The maximum atomic E-state index is 12.3. The van der Waals surface area contributed by atoms with Crippen LogP contribution in [0.25, 0.3) is 0 Å². The Balaban J connectivity index is 2.76. The fraction of sp³-hybridized carbons (Fsp3) is 0.462. The third-order valence-electron chi connectivity index (χ3n) is 2.53. The van der Waals surface area contributed by atoms with Gasteiger partial charge in [0.05, 0.1) is 12.8 Å². The Kier molecular flexibility index (Phi) is 6.72. The van der Waals surface area contributed by atoms with Crippen molar-refractivity contribution in [3.05, 3.63) is 18.2 Å². The highest BCUT2D eigenvalue weighted by molar-refractivity contribution is 5.92. The molecule has 0 radical (unpaired) electrons. The van der Waals surface area contributed by atoms with Crippen LogP contribution in [0.3, 0.4) is 0 Å². The highest BCUT2D eigenvalue weighted by atomic mass is 19.3. The summed E-state index contributed by atoms with van der Waals surface area (Å²) in [6.45, 7) is -2.46. The van der Waals surface area contributed by atoms with Crippen LogP contribution in [0.15, 0.2) is 18.2 Å².